The fourth-order valence-corrected chi connectivity index (χ4v) is 3.84. The predicted octanol–water partition coefficient (Wildman–Crippen LogP) is 5.37. The van der Waals surface area contributed by atoms with Gasteiger partial charge in [0.2, 0.25) is 0 Å². The van der Waals surface area contributed by atoms with Crippen LogP contribution in [0.5, 0.6) is 0 Å². The summed E-state index contributed by atoms with van der Waals surface area (Å²) in [4.78, 5) is 22.3. The van der Waals surface area contributed by atoms with E-state index < -0.39 is 0 Å². The molecule has 25 heavy (non-hydrogen) atoms. The van der Waals surface area contributed by atoms with E-state index in [0.29, 0.717) is 5.56 Å². The quantitative estimate of drug-likeness (QED) is 0.494. The monoisotopic (exact) mass is 409 g/mol. The van der Waals surface area contributed by atoms with E-state index in [1.165, 1.54) is 11.3 Å². The molecule has 0 radical (unpaired) electrons. The summed E-state index contributed by atoms with van der Waals surface area (Å²) in [6.45, 7) is 0. The Kier molecular flexibility index (Phi) is 4.29. The molecule has 2 heterocycles. The Bertz CT molecular complexity index is 1040. The number of nitrogens with zero attached hydrogens (tertiary/aromatic N) is 2. The van der Waals surface area contributed by atoms with E-state index >= 15 is 0 Å². The standard InChI is InChI=1S/C19H12BrN3OS/c20-15-8-2-1-7-14(15)17(24)22-13-6-3-5-12(11-13)18-23-16-9-4-10-21-19(16)25-18/h1-11H,(H,22,24). The molecule has 0 aliphatic rings. The van der Waals surface area contributed by atoms with Gasteiger partial charge in [0.25, 0.3) is 5.91 Å². The summed E-state index contributed by atoms with van der Waals surface area (Å²) >= 11 is 4.94. The lowest BCUT2D eigenvalue weighted by Crippen LogP contribution is -2.12. The Morgan fingerprint density at radius 1 is 1.04 bits per heavy atom. The van der Waals surface area contributed by atoms with E-state index in [0.717, 1.165) is 31.1 Å². The van der Waals surface area contributed by atoms with Crippen LogP contribution in [0.15, 0.2) is 71.3 Å². The number of carbonyl (C=O) groups excluding carboxylic acids is 1. The summed E-state index contributed by atoms with van der Waals surface area (Å²) in [7, 11) is 0. The van der Waals surface area contributed by atoms with Crippen LogP contribution in [0.2, 0.25) is 0 Å². The number of pyridine rings is 1. The van der Waals surface area contributed by atoms with Gasteiger partial charge in [-0.25, -0.2) is 9.97 Å². The Labute approximate surface area is 156 Å². The highest BCUT2D eigenvalue weighted by Gasteiger charge is 2.11. The molecule has 4 nitrogen and oxygen atoms in total. The van der Waals surface area contributed by atoms with E-state index in [1.54, 1.807) is 12.3 Å². The number of thiazole rings is 1. The van der Waals surface area contributed by atoms with Gasteiger partial charge in [-0.15, -0.1) is 0 Å². The fourth-order valence-electron chi connectivity index (χ4n) is 2.47. The molecule has 1 N–H and O–H groups in total. The molecule has 2 aromatic heterocycles. The molecule has 0 aliphatic heterocycles. The van der Waals surface area contributed by atoms with Crippen LogP contribution in [0.25, 0.3) is 20.9 Å². The topological polar surface area (TPSA) is 54.9 Å². The van der Waals surface area contributed by atoms with Crippen molar-refractivity contribution in [1.29, 1.82) is 0 Å². The molecule has 4 aromatic rings. The van der Waals surface area contributed by atoms with Gasteiger partial charge in [-0.1, -0.05) is 35.6 Å². The largest absolute Gasteiger partial charge is 0.322 e. The minimum absolute atomic E-state index is 0.157. The second-order valence-corrected chi connectivity index (χ2v) is 7.19. The number of fused-ring (bicyclic) bond motifs is 1. The summed E-state index contributed by atoms with van der Waals surface area (Å²) in [5.41, 5.74) is 3.15. The first-order chi connectivity index (χ1) is 12.2. The molecule has 0 atom stereocenters. The highest BCUT2D eigenvalue weighted by atomic mass is 79.9. The van der Waals surface area contributed by atoms with Gasteiger partial charge in [0.1, 0.15) is 15.4 Å². The zero-order chi connectivity index (χ0) is 17.2. The van der Waals surface area contributed by atoms with E-state index in [2.05, 4.69) is 31.2 Å². The van der Waals surface area contributed by atoms with Crippen LogP contribution in [-0.4, -0.2) is 15.9 Å². The third-order valence-electron chi connectivity index (χ3n) is 3.65. The summed E-state index contributed by atoms with van der Waals surface area (Å²) < 4.78 is 0.765. The molecule has 0 saturated carbocycles. The molecule has 0 spiro atoms. The molecule has 122 valence electrons. The Morgan fingerprint density at radius 3 is 2.76 bits per heavy atom. The van der Waals surface area contributed by atoms with Gasteiger partial charge < -0.3 is 5.32 Å². The van der Waals surface area contributed by atoms with Crippen molar-refractivity contribution in [1.82, 2.24) is 9.97 Å². The smallest absolute Gasteiger partial charge is 0.256 e. The number of nitrogens with one attached hydrogen (secondary N) is 1. The van der Waals surface area contributed by atoms with E-state index in [1.807, 2.05) is 54.6 Å². The molecule has 0 aliphatic carbocycles. The first-order valence-corrected chi connectivity index (χ1v) is 9.19. The van der Waals surface area contributed by atoms with Crippen LogP contribution in [0.4, 0.5) is 5.69 Å². The Balaban J connectivity index is 1.63. The first kappa shape index (κ1) is 15.9. The number of hydrogen-bond acceptors (Lipinski definition) is 4. The van der Waals surface area contributed by atoms with Gasteiger partial charge in [0.05, 0.1) is 5.56 Å². The van der Waals surface area contributed by atoms with E-state index in [-0.39, 0.29) is 5.91 Å². The zero-order valence-electron chi connectivity index (χ0n) is 12.9. The molecule has 4 rings (SSSR count). The summed E-state index contributed by atoms with van der Waals surface area (Å²) in [5.74, 6) is -0.157. The maximum absolute atomic E-state index is 12.5. The van der Waals surface area contributed by atoms with Crippen LogP contribution >= 0.6 is 27.3 Å². The molecular formula is C19H12BrN3OS. The van der Waals surface area contributed by atoms with Crippen LogP contribution in [-0.2, 0) is 0 Å². The summed E-state index contributed by atoms with van der Waals surface area (Å²) in [6, 6.07) is 18.8. The highest BCUT2D eigenvalue weighted by Crippen LogP contribution is 2.30. The Hall–Kier alpha value is -2.57. The van der Waals surface area contributed by atoms with Gasteiger partial charge in [0.15, 0.2) is 0 Å². The number of rotatable bonds is 3. The Morgan fingerprint density at radius 2 is 1.92 bits per heavy atom. The maximum Gasteiger partial charge on any atom is 0.256 e. The van der Waals surface area contributed by atoms with Gasteiger partial charge >= 0.3 is 0 Å². The number of halogens is 1. The van der Waals surface area contributed by atoms with Gasteiger partial charge in [-0.3, -0.25) is 4.79 Å². The molecule has 0 fully saturated rings. The van der Waals surface area contributed by atoms with Gasteiger partial charge in [-0.05, 0) is 52.3 Å². The third-order valence-corrected chi connectivity index (χ3v) is 5.37. The summed E-state index contributed by atoms with van der Waals surface area (Å²) in [5, 5.41) is 3.82. The maximum atomic E-state index is 12.5. The van der Waals surface area contributed by atoms with Gasteiger partial charge in [-0.2, -0.15) is 0 Å². The second kappa shape index (κ2) is 6.74. The average Bonchev–Trinajstić information content (AvgIpc) is 3.06. The molecule has 2 aromatic carbocycles. The predicted molar refractivity (Wildman–Crippen MR) is 105 cm³/mol. The lowest BCUT2D eigenvalue weighted by Gasteiger charge is -2.07. The number of hydrogen-bond donors (Lipinski definition) is 1. The molecule has 0 saturated heterocycles. The van der Waals surface area contributed by atoms with Crippen molar-refractivity contribution in [2.75, 3.05) is 5.32 Å². The zero-order valence-corrected chi connectivity index (χ0v) is 15.3. The molecule has 0 bridgehead atoms. The van der Waals surface area contributed by atoms with Crippen molar-refractivity contribution in [3.8, 4) is 10.6 Å². The lowest BCUT2D eigenvalue weighted by atomic mass is 10.2. The normalized spacial score (nSPS) is 10.8. The SMILES string of the molecule is O=C(Nc1cccc(-c2nc3cccnc3s2)c1)c1ccccc1Br. The van der Waals surface area contributed by atoms with E-state index in [4.69, 9.17) is 0 Å². The average molecular weight is 410 g/mol. The minimum atomic E-state index is -0.157. The molecule has 1 amide bonds. The number of carbonyl (C=O) groups is 1. The lowest BCUT2D eigenvalue weighted by molar-refractivity contribution is 0.102. The number of amides is 1. The highest BCUT2D eigenvalue weighted by molar-refractivity contribution is 9.10. The van der Waals surface area contributed by atoms with Crippen molar-refractivity contribution in [3.63, 3.8) is 0 Å². The number of aromatic nitrogens is 2. The van der Waals surface area contributed by atoms with Crippen molar-refractivity contribution in [2.45, 2.75) is 0 Å². The van der Waals surface area contributed by atoms with Crippen molar-refractivity contribution < 1.29 is 4.79 Å². The van der Waals surface area contributed by atoms with Crippen LogP contribution in [0, 0.1) is 0 Å². The molecule has 0 unspecified atom stereocenters. The van der Waals surface area contributed by atoms with Crippen molar-refractivity contribution in [2.24, 2.45) is 0 Å². The first-order valence-electron chi connectivity index (χ1n) is 7.58. The second-order valence-electron chi connectivity index (χ2n) is 5.36. The van der Waals surface area contributed by atoms with Crippen molar-refractivity contribution >= 4 is 49.2 Å². The van der Waals surface area contributed by atoms with Crippen molar-refractivity contribution in [3.05, 3.63) is 76.9 Å². The minimum Gasteiger partial charge on any atom is -0.322 e. The summed E-state index contributed by atoms with van der Waals surface area (Å²) in [6.07, 6.45) is 1.76. The molecule has 6 heteroatoms. The van der Waals surface area contributed by atoms with Gasteiger partial charge in [0, 0.05) is 21.9 Å². The molecular weight excluding hydrogens is 398 g/mol. The van der Waals surface area contributed by atoms with E-state index in [9.17, 15) is 4.79 Å². The fraction of sp³-hybridized carbons (Fsp3) is 0. The van der Waals surface area contributed by atoms with Crippen LogP contribution in [0.1, 0.15) is 10.4 Å². The van der Waals surface area contributed by atoms with Crippen LogP contribution in [0.3, 0.4) is 0 Å². The third kappa shape index (κ3) is 3.31. The number of anilines is 1. The van der Waals surface area contributed by atoms with Crippen LogP contribution < -0.4 is 5.32 Å². The number of benzene rings is 2.